The fraction of sp³-hybridized carbons (Fsp3) is 0.300. The third-order valence-electron chi connectivity index (χ3n) is 3.38. The lowest BCUT2D eigenvalue weighted by Crippen LogP contribution is -2.16. The fourth-order valence-electron chi connectivity index (χ4n) is 2.21. The molecule has 144 valence electrons. The van der Waals surface area contributed by atoms with Crippen LogP contribution < -0.4 is 19.5 Å². The lowest BCUT2D eigenvalue weighted by Gasteiger charge is -2.13. The van der Waals surface area contributed by atoms with Gasteiger partial charge in [0.25, 0.3) is 5.91 Å². The van der Waals surface area contributed by atoms with Crippen LogP contribution in [0.5, 0.6) is 17.2 Å². The van der Waals surface area contributed by atoms with Crippen molar-refractivity contribution >= 4 is 17.8 Å². The van der Waals surface area contributed by atoms with Crippen LogP contribution in [0.3, 0.4) is 0 Å². The summed E-state index contributed by atoms with van der Waals surface area (Å²) in [6, 6.07) is 12.5. The molecule has 0 saturated heterocycles. The molecule has 0 aromatic heterocycles. The zero-order valence-electron chi connectivity index (χ0n) is 15.9. The maximum absolute atomic E-state index is 11.9. The molecule has 0 unspecified atom stereocenters. The van der Waals surface area contributed by atoms with Crippen molar-refractivity contribution in [2.24, 2.45) is 5.16 Å². The zero-order valence-corrected chi connectivity index (χ0v) is 15.9. The maximum atomic E-state index is 11.9. The highest BCUT2D eigenvalue weighted by Gasteiger charge is 2.07. The number of carbonyl (C=O) groups excluding carboxylic acids is 1. The second-order valence-corrected chi connectivity index (χ2v) is 5.86. The minimum Gasteiger partial charge on any atom is -0.497 e. The summed E-state index contributed by atoms with van der Waals surface area (Å²) in [5.41, 5.74) is 1.38. The first-order chi connectivity index (χ1) is 13.0. The monoisotopic (exact) mass is 372 g/mol. The van der Waals surface area contributed by atoms with Crippen LogP contribution in [0.4, 0.5) is 5.69 Å². The number of benzene rings is 2. The Kier molecular flexibility index (Phi) is 7.49. The van der Waals surface area contributed by atoms with E-state index in [4.69, 9.17) is 19.0 Å². The van der Waals surface area contributed by atoms with Crippen molar-refractivity contribution in [1.29, 1.82) is 0 Å². The summed E-state index contributed by atoms with van der Waals surface area (Å²) in [5.74, 6) is 1.59. The lowest BCUT2D eigenvalue weighted by molar-refractivity contribution is -0.120. The molecule has 0 heterocycles. The number of hydrogen-bond acceptors (Lipinski definition) is 6. The molecule has 0 radical (unpaired) electrons. The van der Waals surface area contributed by atoms with Crippen molar-refractivity contribution in [2.75, 3.05) is 26.1 Å². The summed E-state index contributed by atoms with van der Waals surface area (Å²) in [6.07, 6.45) is 1.55. The smallest absolute Gasteiger partial charge is 0.265 e. The molecule has 0 fully saturated rings. The highest BCUT2D eigenvalue weighted by atomic mass is 16.6. The number of amides is 1. The van der Waals surface area contributed by atoms with Crippen LogP contribution in [-0.4, -0.2) is 39.1 Å². The van der Waals surface area contributed by atoms with Crippen molar-refractivity contribution in [1.82, 2.24) is 0 Å². The minimum absolute atomic E-state index is 0.0462. The van der Waals surface area contributed by atoms with Gasteiger partial charge in [0, 0.05) is 17.3 Å². The van der Waals surface area contributed by atoms with E-state index in [1.54, 1.807) is 50.6 Å². The Bertz CT molecular complexity index is 790. The molecule has 7 heteroatoms. The van der Waals surface area contributed by atoms with Crippen molar-refractivity contribution < 1.29 is 23.8 Å². The molecule has 0 aliphatic heterocycles. The van der Waals surface area contributed by atoms with Gasteiger partial charge in [-0.05, 0) is 44.2 Å². The molecule has 2 aromatic rings. The van der Waals surface area contributed by atoms with Gasteiger partial charge in [-0.15, -0.1) is 0 Å². The molecule has 0 aliphatic rings. The average Bonchev–Trinajstić information content (AvgIpc) is 2.66. The predicted octanol–water partition coefficient (Wildman–Crippen LogP) is 3.48. The summed E-state index contributed by atoms with van der Waals surface area (Å²) in [4.78, 5) is 16.9. The first kappa shape index (κ1) is 20.1. The number of rotatable bonds is 9. The third kappa shape index (κ3) is 6.54. The van der Waals surface area contributed by atoms with Crippen LogP contribution in [0.15, 0.2) is 47.6 Å². The van der Waals surface area contributed by atoms with Gasteiger partial charge in [0.2, 0.25) is 0 Å². The average molecular weight is 372 g/mol. The van der Waals surface area contributed by atoms with E-state index in [2.05, 4.69) is 10.5 Å². The first-order valence-corrected chi connectivity index (χ1v) is 8.45. The van der Waals surface area contributed by atoms with Crippen molar-refractivity contribution in [3.05, 3.63) is 48.0 Å². The standard InChI is InChI=1S/C20H24N2O5/c1-14(2)27-18-9-8-15(10-19(18)25-4)12-21-26-13-20(23)22-16-6-5-7-17(11-16)24-3/h5-12,14H,13H2,1-4H3,(H,22,23)/b21-12-. The number of nitrogens with one attached hydrogen (secondary N) is 1. The Morgan fingerprint density at radius 1 is 1.11 bits per heavy atom. The van der Waals surface area contributed by atoms with Crippen LogP contribution in [0, 0.1) is 0 Å². The van der Waals surface area contributed by atoms with Crippen molar-refractivity contribution in [3.63, 3.8) is 0 Å². The van der Waals surface area contributed by atoms with Gasteiger partial charge >= 0.3 is 0 Å². The summed E-state index contributed by atoms with van der Waals surface area (Å²) >= 11 is 0. The van der Waals surface area contributed by atoms with Crippen molar-refractivity contribution in [3.8, 4) is 17.2 Å². The maximum Gasteiger partial charge on any atom is 0.265 e. The van der Waals surface area contributed by atoms with E-state index in [1.165, 1.54) is 6.21 Å². The third-order valence-corrected chi connectivity index (χ3v) is 3.38. The highest BCUT2D eigenvalue weighted by Crippen LogP contribution is 2.28. The van der Waals surface area contributed by atoms with Crippen LogP contribution in [0.1, 0.15) is 19.4 Å². The Labute approximate surface area is 158 Å². The normalized spacial score (nSPS) is 10.7. The molecule has 2 aromatic carbocycles. The summed E-state index contributed by atoms with van der Waals surface area (Å²) in [7, 11) is 3.14. The number of methoxy groups -OCH3 is 2. The van der Waals surface area contributed by atoms with Crippen molar-refractivity contribution in [2.45, 2.75) is 20.0 Å². The molecule has 0 bridgehead atoms. The lowest BCUT2D eigenvalue weighted by atomic mass is 10.2. The van der Waals surface area contributed by atoms with E-state index in [9.17, 15) is 4.79 Å². The topological polar surface area (TPSA) is 78.4 Å². The van der Waals surface area contributed by atoms with Gasteiger partial charge in [0.15, 0.2) is 18.1 Å². The number of ether oxygens (including phenoxy) is 3. The quantitative estimate of drug-likeness (QED) is 0.539. The van der Waals surface area contributed by atoms with Crippen LogP contribution in [-0.2, 0) is 9.63 Å². The Morgan fingerprint density at radius 3 is 2.63 bits per heavy atom. The van der Waals surface area contributed by atoms with Gasteiger partial charge in [-0.25, -0.2) is 0 Å². The molecule has 1 amide bonds. The zero-order chi connectivity index (χ0) is 19.6. The van der Waals surface area contributed by atoms with E-state index < -0.39 is 0 Å². The molecular weight excluding hydrogens is 348 g/mol. The van der Waals surface area contributed by atoms with Crippen LogP contribution >= 0.6 is 0 Å². The largest absolute Gasteiger partial charge is 0.497 e. The van der Waals surface area contributed by atoms with Gasteiger partial charge in [0.05, 0.1) is 26.5 Å². The number of nitrogens with zero attached hydrogens (tertiary/aromatic N) is 1. The number of carbonyl (C=O) groups is 1. The highest BCUT2D eigenvalue weighted by molar-refractivity contribution is 5.92. The van der Waals surface area contributed by atoms with E-state index in [-0.39, 0.29) is 18.6 Å². The molecule has 0 spiro atoms. The van der Waals surface area contributed by atoms with Gasteiger partial charge in [0.1, 0.15) is 5.75 Å². The SMILES string of the molecule is COc1cccc(NC(=O)CO/N=C\c2ccc(OC(C)C)c(OC)c2)c1. The van der Waals surface area contributed by atoms with Gasteiger partial charge in [-0.1, -0.05) is 11.2 Å². The van der Waals surface area contributed by atoms with E-state index in [0.29, 0.717) is 22.9 Å². The van der Waals surface area contributed by atoms with Gasteiger partial charge < -0.3 is 24.4 Å². The number of hydrogen-bond donors (Lipinski definition) is 1. The Balaban J connectivity index is 1.86. The Hall–Kier alpha value is -3.22. The summed E-state index contributed by atoms with van der Waals surface area (Å²) in [5, 5.41) is 6.52. The van der Waals surface area contributed by atoms with Gasteiger partial charge in [-0.2, -0.15) is 0 Å². The Morgan fingerprint density at radius 2 is 1.93 bits per heavy atom. The van der Waals surface area contributed by atoms with E-state index >= 15 is 0 Å². The molecule has 27 heavy (non-hydrogen) atoms. The molecule has 0 atom stereocenters. The molecule has 0 saturated carbocycles. The second kappa shape index (κ2) is 10.1. The molecular formula is C20H24N2O5. The fourth-order valence-corrected chi connectivity index (χ4v) is 2.21. The number of anilines is 1. The molecule has 1 N–H and O–H groups in total. The molecule has 2 rings (SSSR count). The molecule has 0 aliphatic carbocycles. The van der Waals surface area contributed by atoms with E-state index in [1.807, 2.05) is 19.9 Å². The van der Waals surface area contributed by atoms with Gasteiger partial charge in [-0.3, -0.25) is 4.79 Å². The minimum atomic E-state index is -0.321. The molecule has 7 nitrogen and oxygen atoms in total. The summed E-state index contributed by atoms with van der Waals surface area (Å²) < 4.78 is 16.1. The first-order valence-electron chi connectivity index (χ1n) is 8.45. The second-order valence-electron chi connectivity index (χ2n) is 5.86. The number of oxime groups is 1. The summed E-state index contributed by atoms with van der Waals surface area (Å²) in [6.45, 7) is 3.68. The van der Waals surface area contributed by atoms with Crippen LogP contribution in [0.2, 0.25) is 0 Å². The van der Waals surface area contributed by atoms with E-state index in [0.717, 1.165) is 5.56 Å². The predicted molar refractivity (Wildman–Crippen MR) is 104 cm³/mol. The van der Waals surface area contributed by atoms with Crippen LogP contribution in [0.25, 0.3) is 0 Å².